The van der Waals surface area contributed by atoms with Gasteiger partial charge in [-0.15, -0.1) is 0 Å². The van der Waals surface area contributed by atoms with Crippen molar-refractivity contribution in [3.05, 3.63) is 58.2 Å². The Morgan fingerprint density at radius 3 is 2.44 bits per heavy atom. The van der Waals surface area contributed by atoms with E-state index < -0.39 is 4.92 Å². The number of aromatic nitrogens is 1. The van der Waals surface area contributed by atoms with Gasteiger partial charge in [0.15, 0.2) is 16.6 Å². The fourth-order valence-electron chi connectivity index (χ4n) is 3.53. The fourth-order valence-corrected chi connectivity index (χ4v) is 4.55. The number of piperazine rings is 1. The molecule has 1 aliphatic heterocycles. The molecule has 0 bridgehead atoms. The van der Waals surface area contributed by atoms with Crippen LogP contribution in [0.4, 0.5) is 10.8 Å². The number of hydrogen-bond donors (Lipinski definition) is 0. The van der Waals surface area contributed by atoms with Crippen molar-refractivity contribution in [3.63, 3.8) is 0 Å². The van der Waals surface area contributed by atoms with E-state index >= 15 is 0 Å². The first-order valence-electron chi connectivity index (χ1n) is 9.98. The predicted octanol–water partition coefficient (Wildman–Crippen LogP) is 3.58. The summed E-state index contributed by atoms with van der Waals surface area (Å²) in [7, 11) is 3.20. The van der Waals surface area contributed by atoms with Gasteiger partial charge in [-0.3, -0.25) is 14.9 Å². The first-order valence-corrected chi connectivity index (χ1v) is 10.8. The molecule has 2 aromatic carbocycles. The molecular formula is C22H22N4O5S. The standard InChI is InChI=1S/C22H22N4O5S/c1-30-17-8-9-18-20(21(17)31-2)23-22(32-18)25-13-11-24(12-14-25)19(27)10-5-15-3-6-16(7-4-15)26(28)29/h3-10H,11-14H2,1-2H3/b10-5-. The second kappa shape index (κ2) is 9.23. The number of amides is 1. The molecule has 3 aromatic rings. The van der Waals surface area contributed by atoms with E-state index in [-0.39, 0.29) is 11.6 Å². The third-order valence-corrected chi connectivity index (χ3v) is 6.36. The van der Waals surface area contributed by atoms with Crippen LogP contribution in [0, 0.1) is 10.1 Å². The van der Waals surface area contributed by atoms with Crippen molar-refractivity contribution >= 4 is 44.4 Å². The smallest absolute Gasteiger partial charge is 0.269 e. The number of carbonyl (C=O) groups is 1. The molecule has 1 aliphatic rings. The maximum absolute atomic E-state index is 12.6. The lowest BCUT2D eigenvalue weighted by molar-refractivity contribution is -0.384. The average Bonchev–Trinajstić information content (AvgIpc) is 3.26. The Kier molecular flexibility index (Phi) is 6.22. The molecule has 166 valence electrons. The number of nitro benzene ring substituents is 1. The molecule has 0 atom stereocenters. The van der Waals surface area contributed by atoms with Gasteiger partial charge in [-0.25, -0.2) is 4.98 Å². The zero-order chi connectivity index (χ0) is 22.7. The Balaban J connectivity index is 1.39. The normalized spacial score (nSPS) is 14.2. The van der Waals surface area contributed by atoms with Gasteiger partial charge in [0.2, 0.25) is 5.91 Å². The van der Waals surface area contributed by atoms with E-state index in [4.69, 9.17) is 14.5 Å². The van der Waals surface area contributed by atoms with Crippen LogP contribution in [-0.4, -0.2) is 61.1 Å². The number of thiazole rings is 1. The van der Waals surface area contributed by atoms with E-state index in [0.29, 0.717) is 37.7 Å². The van der Waals surface area contributed by atoms with E-state index in [1.54, 1.807) is 48.7 Å². The van der Waals surface area contributed by atoms with Gasteiger partial charge in [-0.1, -0.05) is 11.3 Å². The molecule has 1 saturated heterocycles. The summed E-state index contributed by atoms with van der Waals surface area (Å²) in [5, 5.41) is 11.6. The Morgan fingerprint density at radius 1 is 1.09 bits per heavy atom. The van der Waals surface area contributed by atoms with Crippen molar-refractivity contribution in [2.24, 2.45) is 0 Å². The van der Waals surface area contributed by atoms with Crippen LogP contribution in [-0.2, 0) is 4.79 Å². The van der Waals surface area contributed by atoms with Gasteiger partial charge < -0.3 is 19.3 Å². The SMILES string of the molecule is COc1ccc2sc(N3CCN(C(=O)/C=C\c4ccc([N+](=O)[O-])cc4)CC3)nc2c1OC. The Labute approximate surface area is 188 Å². The molecule has 10 heteroatoms. The molecule has 9 nitrogen and oxygen atoms in total. The number of benzene rings is 2. The predicted molar refractivity (Wildman–Crippen MR) is 124 cm³/mol. The van der Waals surface area contributed by atoms with E-state index in [9.17, 15) is 14.9 Å². The fraction of sp³-hybridized carbons (Fsp3) is 0.273. The second-order valence-electron chi connectivity index (χ2n) is 7.14. The number of nitro groups is 1. The van der Waals surface area contributed by atoms with Gasteiger partial charge in [0.1, 0.15) is 5.52 Å². The van der Waals surface area contributed by atoms with Crippen LogP contribution in [0.15, 0.2) is 42.5 Å². The first-order chi connectivity index (χ1) is 15.5. The molecule has 0 spiro atoms. The van der Waals surface area contributed by atoms with Gasteiger partial charge in [0.05, 0.1) is 23.8 Å². The lowest BCUT2D eigenvalue weighted by Gasteiger charge is -2.34. The molecular weight excluding hydrogens is 432 g/mol. The summed E-state index contributed by atoms with van der Waals surface area (Å²) < 4.78 is 11.9. The van der Waals surface area contributed by atoms with Crippen LogP contribution in [0.3, 0.4) is 0 Å². The lowest BCUT2D eigenvalue weighted by Crippen LogP contribution is -2.48. The summed E-state index contributed by atoms with van der Waals surface area (Å²) >= 11 is 1.59. The minimum absolute atomic E-state index is 0.0236. The number of fused-ring (bicyclic) bond motifs is 1. The van der Waals surface area contributed by atoms with Crippen LogP contribution in [0.25, 0.3) is 16.3 Å². The summed E-state index contributed by atoms with van der Waals surface area (Å²) in [6.07, 6.45) is 3.18. The van der Waals surface area contributed by atoms with Crippen molar-refractivity contribution < 1.29 is 19.2 Å². The molecule has 1 fully saturated rings. The van der Waals surface area contributed by atoms with Crippen molar-refractivity contribution in [3.8, 4) is 11.5 Å². The number of non-ortho nitro benzene ring substituents is 1. The average molecular weight is 455 g/mol. The van der Waals surface area contributed by atoms with E-state index in [2.05, 4.69) is 4.90 Å². The number of carbonyl (C=O) groups excluding carboxylic acids is 1. The third kappa shape index (κ3) is 4.35. The lowest BCUT2D eigenvalue weighted by atomic mass is 10.2. The molecule has 0 N–H and O–H groups in total. The maximum Gasteiger partial charge on any atom is 0.269 e. The summed E-state index contributed by atoms with van der Waals surface area (Å²) in [4.78, 5) is 31.5. The maximum atomic E-state index is 12.6. The summed E-state index contributed by atoms with van der Waals surface area (Å²) in [6.45, 7) is 2.52. The number of nitrogens with zero attached hydrogens (tertiary/aromatic N) is 4. The van der Waals surface area contributed by atoms with Gasteiger partial charge in [0, 0.05) is 44.4 Å². The van der Waals surface area contributed by atoms with Crippen LogP contribution < -0.4 is 14.4 Å². The summed E-state index contributed by atoms with van der Waals surface area (Å²) in [5.41, 5.74) is 1.54. The summed E-state index contributed by atoms with van der Waals surface area (Å²) in [5.74, 6) is 1.18. The van der Waals surface area contributed by atoms with E-state index in [1.165, 1.54) is 18.2 Å². The van der Waals surface area contributed by atoms with Gasteiger partial charge in [-0.2, -0.15) is 0 Å². The largest absolute Gasteiger partial charge is 0.493 e. The van der Waals surface area contributed by atoms with E-state index in [1.807, 2.05) is 12.1 Å². The molecule has 1 amide bonds. The molecule has 4 rings (SSSR count). The molecule has 2 heterocycles. The van der Waals surface area contributed by atoms with Crippen LogP contribution >= 0.6 is 11.3 Å². The van der Waals surface area contributed by atoms with Crippen molar-refractivity contribution in [1.82, 2.24) is 9.88 Å². The molecule has 32 heavy (non-hydrogen) atoms. The highest BCUT2D eigenvalue weighted by Crippen LogP contribution is 2.40. The highest BCUT2D eigenvalue weighted by Gasteiger charge is 2.23. The number of ether oxygens (including phenoxy) is 2. The molecule has 0 aliphatic carbocycles. The van der Waals surface area contributed by atoms with Crippen molar-refractivity contribution in [1.29, 1.82) is 0 Å². The van der Waals surface area contributed by atoms with Crippen molar-refractivity contribution in [2.75, 3.05) is 45.3 Å². The number of methoxy groups -OCH3 is 2. The second-order valence-corrected chi connectivity index (χ2v) is 8.15. The molecule has 0 unspecified atom stereocenters. The Bertz CT molecular complexity index is 1170. The monoisotopic (exact) mass is 454 g/mol. The highest BCUT2D eigenvalue weighted by atomic mass is 32.1. The zero-order valence-electron chi connectivity index (χ0n) is 17.7. The van der Waals surface area contributed by atoms with Crippen LogP contribution in [0.5, 0.6) is 11.5 Å². The number of hydrogen-bond acceptors (Lipinski definition) is 8. The molecule has 0 radical (unpaired) electrons. The van der Waals surface area contributed by atoms with E-state index in [0.717, 1.165) is 20.9 Å². The minimum Gasteiger partial charge on any atom is -0.493 e. The Morgan fingerprint density at radius 2 is 1.81 bits per heavy atom. The summed E-state index contributed by atoms with van der Waals surface area (Å²) in [6, 6.07) is 9.93. The van der Waals surface area contributed by atoms with Crippen LogP contribution in [0.2, 0.25) is 0 Å². The van der Waals surface area contributed by atoms with Gasteiger partial charge >= 0.3 is 0 Å². The minimum atomic E-state index is -0.448. The zero-order valence-corrected chi connectivity index (χ0v) is 18.5. The Hall–Kier alpha value is -3.66. The third-order valence-electron chi connectivity index (χ3n) is 5.28. The first kappa shape index (κ1) is 21.6. The quantitative estimate of drug-likeness (QED) is 0.319. The van der Waals surface area contributed by atoms with Gasteiger partial charge in [0.25, 0.3) is 5.69 Å². The molecule has 1 aromatic heterocycles. The molecule has 0 saturated carbocycles. The van der Waals surface area contributed by atoms with Crippen molar-refractivity contribution in [2.45, 2.75) is 0 Å². The number of rotatable bonds is 6. The van der Waals surface area contributed by atoms with Gasteiger partial charge in [-0.05, 0) is 35.9 Å². The topological polar surface area (TPSA) is 98.0 Å². The number of anilines is 1. The van der Waals surface area contributed by atoms with Crippen LogP contribution in [0.1, 0.15) is 5.56 Å². The highest BCUT2D eigenvalue weighted by molar-refractivity contribution is 7.22.